The molecule has 0 atom stereocenters. The molecule has 3 rings (SSSR count). The van der Waals surface area contributed by atoms with E-state index in [0.717, 1.165) is 35.7 Å². The first-order valence-electron chi connectivity index (χ1n) is 7.11. The number of hydrogen-bond donors (Lipinski definition) is 2. The lowest BCUT2D eigenvalue weighted by Gasteiger charge is -2.25. The number of fused-ring (bicyclic) bond motifs is 1. The molecule has 2 aromatic rings. The first kappa shape index (κ1) is 12.2. The molecule has 1 aliphatic rings. The molecular weight excluding hydrogens is 236 g/mol. The maximum atomic E-state index is 4.59. The van der Waals surface area contributed by atoms with Gasteiger partial charge in [0.15, 0.2) is 0 Å². The summed E-state index contributed by atoms with van der Waals surface area (Å²) in [6.45, 7) is 3.91. The summed E-state index contributed by atoms with van der Waals surface area (Å²) >= 11 is 0. The molecule has 1 aromatic heterocycles. The Morgan fingerprint density at radius 3 is 2.74 bits per heavy atom. The highest BCUT2D eigenvalue weighted by atomic mass is 15.1. The fourth-order valence-electron chi connectivity index (χ4n) is 2.39. The molecule has 0 aliphatic heterocycles. The van der Waals surface area contributed by atoms with Crippen molar-refractivity contribution in [2.45, 2.75) is 26.2 Å². The number of benzene rings is 1. The monoisotopic (exact) mass is 256 g/mol. The van der Waals surface area contributed by atoms with Crippen LogP contribution in [-0.2, 0) is 0 Å². The summed E-state index contributed by atoms with van der Waals surface area (Å²) in [4.78, 5) is 9.11. The molecular formula is C15H20N4. The Labute approximate surface area is 113 Å². The zero-order valence-electron chi connectivity index (χ0n) is 11.3. The summed E-state index contributed by atoms with van der Waals surface area (Å²) in [5.74, 6) is 2.47. The first-order valence-corrected chi connectivity index (χ1v) is 7.11. The SMILES string of the molecule is CCNc1nc(NCC2CCC2)c2ccccc2n1. The number of anilines is 2. The highest BCUT2D eigenvalue weighted by molar-refractivity contribution is 5.89. The zero-order valence-corrected chi connectivity index (χ0v) is 11.3. The molecule has 100 valence electrons. The number of nitrogens with zero attached hydrogens (tertiary/aromatic N) is 2. The van der Waals surface area contributed by atoms with E-state index in [-0.39, 0.29) is 0 Å². The lowest BCUT2D eigenvalue weighted by Crippen LogP contribution is -2.21. The minimum Gasteiger partial charge on any atom is -0.369 e. The van der Waals surface area contributed by atoms with Gasteiger partial charge < -0.3 is 10.6 Å². The molecule has 1 fully saturated rings. The number of aromatic nitrogens is 2. The van der Waals surface area contributed by atoms with Crippen LogP contribution in [0, 0.1) is 5.92 Å². The van der Waals surface area contributed by atoms with Crippen LogP contribution in [0.2, 0.25) is 0 Å². The molecule has 0 spiro atoms. The number of hydrogen-bond acceptors (Lipinski definition) is 4. The maximum absolute atomic E-state index is 4.59. The third-order valence-corrected chi connectivity index (χ3v) is 3.72. The van der Waals surface area contributed by atoms with E-state index >= 15 is 0 Å². The fraction of sp³-hybridized carbons (Fsp3) is 0.467. The highest BCUT2D eigenvalue weighted by Gasteiger charge is 2.17. The van der Waals surface area contributed by atoms with Crippen molar-refractivity contribution in [1.82, 2.24) is 9.97 Å². The van der Waals surface area contributed by atoms with Crippen molar-refractivity contribution < 1.29 is 0 Å². The molecule has 19 heavy (non-hydrogen) atoms. The number of rotatable bonds is 5. The van der Waals surface area contributed by atoms with E-state index in [2.05, 4.69) is 33.6 Å². The van der Waals surface area contributed by atoms with Crippen LogP contribution in [0.5, 0.6) is 0 Å². The quantitative estimate of drug-likeness (QED) is 0.862. The van der Waals surface area contributed by atoms with Gasteiger partial charge in [-0.1, -0.05) is 18.6 Å². The average molecular weight is 256 g/mol. The minimum absolute atomic E-state index is 0.706. The Balaban J connectivity index is 1.89. The number of nitrogens with one attached hydrogen (secondary N) is 2. The van der Waals surface area contributed by atoms with Gasteiger partial charge in [0.2, 0.25) is 5.95 Å². The molecule has 0 bridgehead atoms. The minimum atomic E-state index is 0.706. The fourth-order valence-corrected chi connectivity index (χ4v) is 2.39. The van der Waals surface area contributed by atoms with E-state index in [1.165, 1.54) is 19.3 Å². The van der Waals surface area contributed by atoms with E-state index in [1.54, 1.807) is 0 Å². The van der Waals surface area contributed by atoms with E-state index in [4.69, 9.17) is 0 Å². The Morgan fingerprint density at radius 2 is 2.00 bits per heavy atom. The Bertz CT molecular complexity index is 563. The normalized spacial score (nSPS) is 15.2. The third kappa shape index (κ3) is 2.62. The van der Waals surface area contributed by atoms with Gasteiger partial charge in [0.25, 0.3) is 0 Å². The van der Waals surface area contributed by atoms with Crippen molar-refractivity contribution in [1.29, 1.82) is 0 Å². The molecule has 0 saturated heterocycles. The van der Waals surface area contributed by atoms with E-state index in [9.17, 15) is 0 Å². The van der Waals surface area contributed by atoms with Crippen LogP contribution in [0.3, 0.4) is 0 Å². The predicted molar refractivity (Wildman–Crippen MR) is 79.5 cm³/mol. The Morgan fingerprint density at radius 1 is 1.16 bits per heavy atom. The van der Waals surface area contributed by atoms with Crippen LogP contribution in [-0.4, -0.2) is 23.1 Å². The first-order chi connectivity index (χ1) is 9.36. The van der Waals surface area contributed by atoms with Gasteiger partial charge in [-0.2, -0.15) is 4.98 Å². The third-order valence-electron chi connectivity index (χ3n) is 3.72. The lowest BCUT2D eigenvalue weighted by molar-refractivity contribution is 0.333. The molecule has 0 radical (unpaired) electrons. The largest absolute Gasteiger partial charge is 0.369 e. The van der Waals surface area contributed by atoms with Crippen LogP contribution in [0.1, 0.15) is 26.2 Å². The molecule has 1 aliphatic carbocycles. The molecule has 1 aromatic carbocycles. The van der Waals surface area contributed by atoms with Crippen molar-refractivity contribution in [2.24, 2.45) is 5.92 Å². The average Bonchev–Trinajstić information content (AvgIpc) is 2.37. The summed E-state index contributed by atoms with van der Waals surface area (Å²) in [5, 5.41) is 7.79. The van der Waals surface area contributed by atoms with Crippen LogP contribution < -0.4 is 10.6 Å². The smallest absolute Gasteiger partial charge is 0.225 e. The standard InChI is InChI=1S/C15H20N4/c1-2-16-15-18-13-9-4-3-8-12(13)14(19-15)17-10-11-6-5-7-11/h3-4,8-9,11H,2,5-7,10H2,1H3,(H2,16,17,18,19). The molecule has 1 saturated carbocycles. The Kier molecular flexibility index (Phi) is 3.49. The summed E-state index contributed by atoms with van der Waals surface area (Å²) in [6.07, 6.45) is 4.06. The van der Waals surface area contributed by atoms with Gasteiger partial charge in [-0.25, -0.2) is 4.98 Å². The highest BCUT2D eigenvalue weighted by Crippen LogP contribution is 2.28. The van der Waals surface area contributed by atoms with Crippen LogP contribution in [0.4, 0.5) is 11.8 Å². The molecule has 4 nitrogen and oxygen atoms in total. The van der Waals surface area contributed by atoms with Gasteiger partial charge in [0.05, 0.1) is 5.52 Å². The van der Waals surface area contributed by atoms with E-state index < -0.39 is 0 Å². The van der Waals surface area contributed by atoms with Crippen LogP contribution in [0.15, 0.2) is 24.3 Å². The van der Waals surface area contributed by atoms with E-state index in [0.29, 0.717) is 5.95 Å². The lowest BCUT2D eigenvalue weighted by atomic mass is 9.85. The molecule has 0 amide bonds. The van der Waals surface area contributed by atoms with Crippen molar-refractivity contribution in [3.05, 3.63) is 24.3 Å². The second kappa shape index (κ2) is 5.43. The van der Waals surface area contributed by atoms with E-state index in [1.807, 2.05) is 18.2 Å². The van der Waals surface area contributed by atoms with Crippen LogP contribution >= 0.6 is 0 Å². The van der Waals surface area contributed by atoms with Crippen molar-refractivity contribution >= 4 is 22.7 Å². The van der Waals surface area contributed by atoms with Gasteiger partial charge in [-0.05, 0) is 37.8 Å². The summed E-state index contributed by atoms with van der Waals surface area (Å²) < 4.78 is 0. The van der Waals surface area contributed by atoms with Crippen molar-refractivity contribution in [3.63, 3.8) is 0 Å². The van der Waals surface area contributed by atoms with Gasteiger partial charge in [-0.15, -0.1) is 0 Å². The van der Waals surface area contributed by atoms with Crippen molar-refractivity contribution in [3.8, 4) is 0 Å². The number of para-hydroxylation sites is 1. The van der Waals surface area contributed by atoms with Crippen LogP contribution in [0.25, 0.3) is 10.9 Å². The maximum Gasteiger partial charge on any atom is 0.225 e. The molecule has 4 heteroatoms. The van der Waals surface area contributed by atoms with Gasteiger partial charge in [-0.3, -0.25) is 0 Å². The summed E-state index contributed by atoms with van der Waals surface area (Å²) in [6, 6.07) is 8.16. The van der Waals surface area contributed by atoms with Gasteiger partial charge in [0, 0.05) is 18.5 Å². The summed E-state index contributed by atoms with van der Waals surface area (Å²) in [5.41, 5.74) is 0.990. The molecule has 2 N–H and O–H groups in total. The predicted octanol–water partition coefficient (Wildman–Crippen LogP) is 3.27. The molecule has 1 heterocycles. The topological polar surface area (TPSA) is 49.8 Å². The van der Waals surface area contributed by atoms with Gasteiger partial charge in [0.1, 0.15) is 5.82 Å². The zero-order chi connectivity index (χ0) is 13.1. The second-order valence-electron chi connectivity index (χ2n) is 5.12. The molecule has 0 unspecified atom stereocenters. The Hall–Kier alpha value is -1.84. The summed E-state index contributed by atoms with van der Waals surface area (Å²) in [7, 11) is 0. The second-order valence-corrected chi connectivity index (χ2v) is 5.12. The van der Waals surface area contributed by atoms with Crippen molar-refractivity contribution in [2.75, 3.05) is 23.7 Å². The van der Waals surface area contributed by atoms with Gasteiger partial charge >= 0.3 is 0 Å².